The third kappa shape index (κ3) is 3.35. The summed E-state index contributed by atoms with van der Waals surface area (Å²) in [7, 11) is 0. The van der Waals surface area contributed by atoms with Crippen LogP contribution in [0.2, 0.25) is 0 Å². The molecule has 0 saturated carbocycles. The molecule has 114 valence electrons. The lowest BCUT2D eigenvalue weighted by Gasteiger charge is -2.39. The third-order valence-corrected chi connectivity index (χ3v) is 4.38. The highest BCUT2D eigenvalue weighted by molar-refractivity contribution is 5.78. The SMILES string of the molecule is O=C(COc1ccc(F)cc1)N1CCCC2(CCOC2)C1. The van der Waals surface area contributed by atoms with Crippen molar-refractivity contribution in [3.63, 3.8) is 0 Å². The van der Waals surface area contributed by atoms with Gasteiger partial charge in [-0.1, -0.05) is 0 Å². The number of hydrogen-bond acceptors (Lipinski definition) is 3. The molecule has 2 fully saturated rings. The van der Waals surface area contributed by atoms with E-state index in [4.69, 9.17) is 9.47 Å². The van der Waals surface area contributed by atoms with Crippen molar-refractivity contribution in [1.29, 1.82) is 0 Å². The van der Waals surface area contributed by atoms with Crippen molar-refractivity contribution in [3.8, 4) is 5.75 Å². The summed E-state index contributed by atoms with van der Waals surface area (Å²) in [6.07, 6.45) is 3.19. The zero-order chi connectivity index (χ0) is 14.7. The Hall–Kier alpha value is -1.62. The van der Waals surface area contributed by atoms with E-state index in [0.29, 0.717) is 5.75 Å². The number of likely N-dealkylation sites (tertiary alicyclic amines) is 1. The first-order valence-electron chi connectivity index (χ1n) is 7.41. The molecule has 2 heterocycles. The minimum absolute atomic E-state index is 0.00255. The van der Waals surface area contributed by atoms with Gasteiger partial charge in [-0.15, -0.1) is 0 Å². The molecule has 1 atom stereocenters. The Morgan fingerprint density at radius 3 is 2.86 bits per heavy atom. The van der Waals surface area contributed by atoms with Gasteiger partial charge < -0.3 is 14.4 Å². The van der Waals surface area contributed by atoms with Gasteiger partial charge in [0.05, 0.1) is 6.61 Å². The molecule has 1 amide bonds. The second-order valence-electron chi connectivity index (χ2n) is 5.96. The predicted molar refractivity (Wildman–Crippen MR) is 75.6 cm³/mol. The van der Waals surface area contributed by atoms with Gasteiger partial charge in [0.1, 0.15) is 11.6 Å². The van der Waals surface area contributed by atoms with E-state index >= 15 is 0 Å². The first-order valence-corrected chi connectivity index (χ1v) is 7.41. The molecule has 21 heavy (non-hydrogen) atoms. The smallest absolute Gasteiger partial charge is 0.260 e. The fourth-order valence-electron chi connectivity index (χ4n) is 3.16. The minimum atomic E-state index is -0.312. The molecule has 2 aliphatic rings. The zero-order valence-corrected chi connectivity index (χ0v) is 12.0. The number of carbonyl (C=O) groups is 1. The molecule has 2 saturated heterocycles. The lowest BCUT2D eigenvalue weighted by atomic mass is 9.79. The van der Waals surface area contributed by atoms with Gasteiger partial charge in [-0.3, -0.25) is 4.79 Å². The van der Waals surface area contributed by atoms with Crippen molar-refractivity contribution in [2.24, 2.45) is 5.41 Å². The molecule has 0 bridgehead atoms. The molecule has 1 unspecified atom stereocenters. The van der Waals surface area contributed by atoms with Crippen molar-refractivity contribution < 1.29 is 18.7 Å². The van der Waals surface area contributed by atoms with Crippen LogP contribution in [0.1, 0.15) is 19.3 Å². The molecule has 1 aromatic rings. The van der Waals surface area contributed by atoms with Crippen LogP contribution in [0.5, 0.6) is 5.75 Å². The van der Waals surface area contributed by atoms with Gasteiger partial charge in [0, 0.05) is 25.1 Å². The average molecular weight is 293 g/mol. The van der Waals surface area contributed by atoms with Crippen LogP contribution >= 0.6 is 0 Å². The average Bonchev–Trinajstić information content (AvgIpc) is 2.94. The molecule has 0 radical (unpaired) electrons. The summed E-state index contributed by atoms with van der Waals surface area (Å²) in [6.45, 7) is 3.11. The van der Waals surface area contributed by atoms with Crippen LogP contribution in [-0.2, 0) is 9.53 Å². The van der Waals surface area contributed by atoms with Crippen molar-refractivity contribution in [2.45, 2.75) is 19.3 Å². The molecular weight excluding hydrogens is 273 g/mol. The molecule has 0 aliphatic carbocycles. The monoisotopic (exact) mass is 293 g/mol. The fraction of sp³-hybridized carbons (Fsp3) is 0.562. The number of piperidine rings is 1. The summed E-state index contributed by atoms with van der Waals surface area (Å²) in [5.41, 5.74) is 0.157. The number of rotatable bonds is 3. The number of ether oxygens (including phenoxy) is 2. The Bertz CT molecular complexity index is 497. The van der Waals surface area contributed by atoms with Crippen LogP contribution in [0.15, 0.2) is 24.3 Å². The normalized spacial score (nSPS) is 25.3. The molecule has 0 aromatic heterocycles. The van der Waals surface area contributed by atoms with Gasteiger partial charge in [0.15, 0.2) is 6.61 Å². The van der Waals surface area contributed by atoms with Gasteiger partial charge in [0.25, 0.3) is 5.91 Å². The maximum atomic E-state index is 12.8. The number of hydrogen-bond donors (Lipinski definition) is 0. The molecule has 3 rings (SSSR count). The number of nitrogens with zero attached hydrogens (tertiary/aromatic N) is 1. The Morgan fingerprint density at radius 2 is 2.14 bits per heavy atom. The number of carbonyl (C=O) groups excluding carboxylic acids is 1. The van der Waals surface area contributed by atoms with Gasteiger partial charge >= 0.3 is 0 Å². The minimum Gasteiger partial charge on any atom is -0.484 e. The topological polar surface area (TPSA) is 38.8 Å². The van der Waals surface area contributed by atoms with E-state index in [-0.39, 0.29) is 23.7 Å². The summed E-state index contributed by atoms with van der Waals surface area (Å²) in [6, 6.07) is 5.72. The van der Waals surface area contributed by atoms with Crippen molar-refractivity contribution in [2.75, 3.05) is 32.9 Å². The van der Waals surface area contributed by atoms with Gasteiger partial charge in [-0.2, -0.15) is 0 Å². The second-order valence-corrected chi connectivity index (χ2v) is 5.96. The predicted octanol–water partition coefficient (Wildman–Crippen LogP) is 2.23. The largest absolute Gasteiger partial charge is 0.484 e. The molecule has 1 aromatic carbocycles. The standard InChI is InChI=1S/C16H20FNO3/c17-13-2-4-14(5-3-13)21-10-15(19)18-8-1-6-16(11-18)7-9-20-12-16/h2-5H,1,6-12H2. The van der Waals surface area contributed by atoms with Crippen LogP contribution in [0.4, 0.5) is 4.39 Å². The quantitative estimate of drug-likeness (QED) is 0.858. The maximum absolute atomic E-state index is 12.8. The van der Waals surface area contributed by atoms with E-state index in [1.165, 1.54) is 24.3 Å². The van der Waals surface area contributed by atoms with Crippen LogP contribution in [0, 0.1) is 11.2 Å². The Balaban J connectivity index is 1.54. The summed E-state index contributed by atoms with van der Waals surface area (Å²) in [5.74, 6) is 0.193. The number of amides is 1. The first-order chi connectivity index (χ1) is 10.2. The van der Waals surface area contributed by atoms with E-state index in [2.05, 4.69) is 0 Å². The highest BCUT2D eigenvalue weighted by Gasteiger charge is 2.40. The van der Waals surface area contributed by atoms with E-state index < -0.39 is 0 Å². The van der Waals surface area contributed by atoms with Gasteiger partial charge in [-0.05, 0) is 43.5 Å². The zero-order valence-electron chi connectivity index (χ0n) is 12.0. The van der Waals surface area contributed by atoms with E-state index in [1.54, 1.807) is 0 Å². The highest BCUT2D eigenvalue weighted by atomic mass is 19.1. The van der Waals surface area contributed by atoms with Crippen LogP contribution in [0.3, 0.4) is 0 Å². The fourth-order valence-corrected chi connectivity index (χ4v) is 3.16. The summed E-state index contributed by atoms with van der Waals surface area (Å²) >= 11 is 0. The molecule has 5 heteroatoms. The van der Waals surface area contributed by atoms with Gasteiger partial charge in [0.2, 0.25) is 0 Å². The highest BCUT2D eigenvalue weighted by Crippen LogP contribution is 2.37. The molecule has 0 N–H and O–H groups in total. The molecule has 1 spiro atoms. The second kappa shape index (κ2) is 6.02. The summed E-state index contributed by atoms with van der Waals surface area (Å²) in [5, 5.41) is 0. The lowest BCUT2D eigenvalue weighted by molar-refractivity contribution is -0.137. The molecular formula is C16H20FNO3. The van der Waals surface area contributed by atoms with Crippen LogP contribution in [-0.4, -0.2) is 43.7 Å². The van der Waals surface area contributed by atoms with E-state index in [1.807, 2.05) is 4.90 Å². The van der Waals surface area contributed by atoms with Crippen molar-refractivity contribution >= 4 is 5.91 Å². The van der Waals surface area contributed by atoms with Crippen LogP contribution in [0.25, 0.3) is 0 Å². The van der Waals surface area contributed by atoms with Crippen molar-refractivity contribution in [1.82, 2.24) is 4.90 Å². The summed E-state index contributed by atoms with van der Waals surface area (Å²) < 4.78 is 23.7. The Morgan fingerprint density at radius 1 is 1.33 bits per heavy atom. The Kier molecular flexibility index (Phi) is 4.10. The number of benzene rings is 1. The molecule has 2 aliphatic heterocycles. The number of halogens is 1. The van der Waals surface area contributed by atoms with E-state index in [0.717, 1.165) is 45.6 Å². The Labute approximate surface area is 123 Å². The lowest BCUT2D eigenvalue weighted by Crippen LogP contribution is -2.48. The molecule has 4 nitrogen and oxygen atoms in total. The third-order valence-electron chi connectivity index (χ3n) is 4.38. The van der Waals surface area contributed by atoms with Gasteiger partial charge in [-0.25, -0.2) is 4.39 Å². The maximum Gasteiger partial charge on any atom is 0.260 e. The van der Waals surface area contributed by atoms with Crippen molar-refractivity contribution in [3.05, 3.63) is 30.1 Å². The van der Waals surface area contributed by atoms with Crippen LogP contribution < -0.4 is 4.74 Å². The first kappa shape index (κ1) is 14.3. The summed E-state index contributed by atoms with van der Waals surface area (Å²) in [4.78, 5) is 14.1. The van der Waals surface area contributed by atoms with E-state index in [9.17, 15) is 9.18 Å².